The van der Waals surface area contributed by atoms with Gasteiger partial charge in [0, 0.05) is 12.8 Å². The molecule has 1 N–H and O–H groups in total. The fourth-order valence-corrected chi connectivity index (χ4v) is 1.35. The van der Waals surface area contributed by atoms with Crippen LogP contribution in [0.2, 0.25) is 0 Å². The molecule has 0 amide bonds. The molecule has 1 fully saturated rings. The van der Waals surface area contributed by atoms with Crippen LogP contribution in [0, 0.1) is 0 Å². The maximum atomic E-state index is 10.9. The molecule has 1 saturated carbocycles. The van der Waals surface area contributed by atoms with Gasteiger partial charge in [-0.25, -0.2) is 0 Å². The number of carbonyl (C=O) groups excluding carboxylic acids is 1. The van der Waals surface area contributed by atoms with Crippen molar-refractivity contribution in [3.05, 3.63) is 0 Å². The maximum absolute atomic E-state index is 10.9. The molecule has 0 heterocycles. The van der Waals surface area contributed by atoms with Gasteiger partial charge in [0.05, 0.1) is 6.10 Å². The molecule has 0 saturated heterocycles. The second kappa shape index (κ2) is 3.71. The Morgan fingerprint density at radius 1 is 1.30 bits per heavy atom. The Morgan fingerprint density at radius 2 is 2.10 bits per heavy atom. The van der Waals surface area contributed by atoms with E-state index in [4.69, 9.17) is 5.11 Å². The number of rotatable bonds is 0. The normalized spacial score (nSPS) is 29.3. The Labute approximate surface area is 61.2 Å². The smallest absolute Gasteiger partial charge is 0.135 e. The maximum Gasteiger partial charge on any atom is 0.135 e. The predicted molar refractivity (Wildman–Crippen MR) is 38.7 cm³/mol. The summed E-state index contributed by atoms with van der Waals surface area (Å²) < 4.78 is 0. The van der Waals surface area contributed by atoms with E-state index < -0.39 is 0 Å². The third-order valence-electron chi connectivity index (χ3n) is 1.96. The van der Waals surface area contributed by atoms with Gasteiger partial charge in [0.15, 0.2) is 0 Å². The molecule has 2 heteroatoms. The van der Waals surface area contributed by atoms with Gasteiger partial charge in [-0.3, -0.25) is 4.79 Å². The van der Waals surface area contributed by atoms with Gasteiger partial charge in [-0.2, -0.15) is 0 Å². The molecule has 0 aromatic carbocycles. The molecule has 0 aromatic heterocycles. The van der Waals surface area contributed by atoms with Gasteiger partial charge < -0.3 is 5.11 Å². The molecule has 0 aliphatic heterocycles. The summed E-state index contributed by atoms with van der Waals surface area (Å²) in [5, 5.41) is 9.16. The molecule has 1 aliphatic carbocycles. The summed E-state index contributed by atoms with van der Waals surface area (Å²) in [6, 6.07) is 0. The average Bonchev–Trinajstić information content (AvgIpc) is 1.83. The summed E-state index contributed by atoms with van der Waals surface area (Å²) in [6.07, 6.45) is 4.72. The Hall–Kier alpha value is -0.370. The van der Waals surface area contributed by atoms with E-state index >= 15 is 0 Å². The molecule has 0 bridgehead atoms. The van der Waals surface area contributed by atoms with E-state index in [2.05, 4.69) is 0 Å². The van der Waals surface area contributed by atoms with Crippen LogP contribution >= 0.6 is 0 Å². The Kier molecular flexibility index (Phi) is 2.87. The minimum Gasteiger partial charge on any atom is -0.393 e. The van der Waals surface area contributed by atoms with Crippen molar-refractivity contribution >= 4 is 5.78 Å². The van der Waals surface area contributed by atoms with Gasteiger partial charge in [0.2, 0.25) is 0 Å². The highest BCUT2D eigenvalue weighted by molar-refractivity contribution is 5.78. The van der Waals surface area contributed by atoms with Crippen LogP contribution in [-0.2, 0) is 4.79 Å². The molecule has 1 aliphatic rings. The molecule has 0 aromatic rings. The second-order valence-electron chi connectivity index (χ2n) is 3.00. The predicted octanol–water partition coefficient (Wildman–Crippen LogP) is 1.27. The topological polar surface area (TPSA) is 37.3 Å². The first-order valence-corrected chi connectivity index (χ1v) is 3.99. The molecule has 10 heavy (non-hydrogen) atoms. The lowest BCUT2D eigenvalue weighted by atomic mass is 9.98. The van der Waals surface area contributed by atoms with Crippen molar-refractivity contribution in [1.29, 1.82) is 0 Å². The van der Waals surface area contributed by atoms with Crippen molar-refractivity contribution in [3.63, 3.8) is 0 Å². The second-order valence-corrected chi connectivity index (χ2v) is 3.00. The summed E-state index contributed by atoms with van der Waals surface area (Å²) in [4.78, 5) is 10.9. The zero-order chi connectivity index (χ0) is 7.40. The van der Waals surface area contributed by atoms with E-state index in [1.165, 1.54) is 0 Å². The van der Waals surface area contributed by atoms with Crippen molar-refractivity contribution in [2.24, 2.45) is 0 Å². The van der Waals surface area contributed by atoms with E-state index in [1.54, 1.807) is 0 Å². The lowest BCUT2D eigenvalue weighted by Gasteiger charge is -2.12. The number of hydrogen-bond acceptors (Lipinski definition) is 2. The summed E-state index contributed by atoms with van der Waals surface area (Å²) in [5.41, 5.74) is 0. The van der Waals surface area contributed by atoms with Crippen LogP contribution in [0.3, 0.4) is 0 Å². The molecule has 1 atom stereocenters. The van der Waals surface area contributed by atoms with Crippen LogP contribution in [0.1, 0.15) is 38.5 Å². The largest absolute Gasteiger partial charge is 0.393 e. The number of aliphatic hydroxyl groups is 1. The van der Waals surface area contributed by atoms with Crippen LogP contribution in [0.4, 0.5) is 0 Å². The number of hydrogen-bond donors (Lipinski definition) is 1. The van der Waals surface area contributed by atoms with Crippen molar-refractivity contribution in [2.45, 2.75) is 44.6 Å². The highest BCUT2D eigenvalue weighted by Crippen LogP contribution is 2.14. The van der Waals surface area contributed by atoms with Gasteiger partial charge in [0.25, 0.3) is 0 Å². The van der Waals surface area contributed by atoms with E-state index in [9.17, 15) is 4.79 Å². The van der Waals surface area contributed by atoms with Crippen LogP contribution in [0.5, 0.6) is 0 Å². The molecule has 0 radical (unpaired) electrons. The van der Waals surface area contributed by atoms with Gasteiger partial charge in [-0.15, -0.1) is 0 Å². The lowest BCUT2D eigenvalue weighted by molar-refractivity contribution is -0.121. The molecule has 1 unspecified atom stereocenters. The molecular formula is C8H14O2. The number of aliphatic hydroxyl groups excluding tert-OH is 1. The van der Waals surface area contributed by atoms with E-state index in [0.29, 0.717) is 12.8 Å². The van der Waals surface area contributed by atoms with Crippen LogP contribution in [-0.4, -0.2) is 17.0 Å². The Morgan fingerprint density at radius 3 is 2.90 bits per heavy atom. The third kappa shape index (κ3) is 2.48. The quantitative estimate of drug-likeness (QED) is 0.553. The Balaban J connectivity index is 2.32. The summed E-state index contributed by atoms with van der Waals surface area (Å²) in [6.45, 7) is 0. The highest BCUT2D eigenvalue weighted by Gasteiger charge is 2.12. The lowest BCUT2D eigenvalue weighted by Crippen LogP contribution is -2.15. The van der Waals surface area contributed by atoms with Crippen molar-refractivity contribution < 1.29 is 9.90 Å². The average molecular weight is 142 g/mol. The van der Waals surface area contributed by atoms with Gasteiger partial charge in [-0.1, -0.05) is 12.8 Å². The molecule has 58 valence electrons. The first-order chi connectivity index (χ1) is 4.79. The molecule has 2 nitrogen and oxygen atoms in total. The first-order valence-electron chi connectivity index (χ1n) is 3.99. The van der Waals surface area contributed by atoms with Gasteiger partial charge >= 0.3 is 0 Å². The fourth-order valence-electron chi connectivity index (χ4n) is 1.35. The zero-order valence-corrected chi connectivity index (χ0v) is 6.18. The summed E-state index contributed by atoms with van der Waals surface area (Å²) in [5.74, 6) is 0.229. The minimum atomic E-state index is -0.354. The first kappa shape index (κ1) is 7.73. The van der Waals surface area contributed by atoms with Crippen molar-refractivity contribution in [2.75, 3.05) is 0 Å². The molecule has 1 rings (SSSR count). The molecular weight excluding hydrogens is 128 g/mol. The monoisotopic (exact) mass is 142 g/mol. The Bertz CT molecular complexity index is 120. The fraction of sp³-hybridized carbons (Fsp3) is 0.875. The van der Waals surface area contributed by atoms with Gasteiger partial charge in [0.1, 0.15) is 5.78 Å². The summed E-state index contributed by atoms with van der Waals surface area (Å²) in [7, 11) is 0. The minimum absolute atomic E-state index is 0.229. The van der Waals surface area contributed by atoms with E-state index in [-0.39, 0.29) is 11.9 Å². The van der Waals surface area contributed by atoms with Crippen molar-refractivity contribution in [3.8, 4) is 0 Å². The van der Waals surface area contributed by atoms with E-state index in [1.807, 2.05) is 0 Å². The standard InChI is InChI=1S/C8H14O2/c9-7-4-2-1-3-5-8(10)6-7/h7,9H,1-6H2. The van der Waals surface area contributed by atoms with Gasteiger partial charge in [-0.05, 0) is 12.8 Å². The zero-order valence-electron chi connectivity index (χ0n) is 6.18. The number of ketones is 1. The molecule has 0 spiro atoms. The number of carbonyl (C=O) groups is 1. The van der Waals surface area contributed by atoms with E-state index in [0.717, 1.165) is 25.7 Å². The SMILES string of the molecule is O=C1CCCCCC(O)C1. The van der Waals surface area contributed by atoms with Crippen LogP contribution in [0.15, 0.2) is 0 Å². The third-order valence-corrected chi connectivity index (χ3v) is 1.96. The number of Topliss-reactive ketones (excluding diaryl/α,β-unsaturated/α-hetero) is 1. The van der Waals surface area contributed by atoms with Crippen LogP contribution in [0.25, 0.3) is 0 Å². The highest BCUT2D eigenvalue weighted by atomic mass is 16.3. The van der Waals surface area contributed by atoms with Crippen molar-refractivity contribution in [1.82, 2.24) is 0 Å². The summed E-state index contributed by atoms with van der Waals surface area (Å²) >= 11 is 0. The van der Waals surface area contributed by atoms with Crippen LogP contribution < -0.4 is 0 Å².